The van der Waals surface area contributed by atoms with Crippen LogP contribution < -0.4 is 5.73 Å². The molecule has 1 unspecified atom stereocenters. The molecule has 5 heteroatoms. The number of H-pyrrole nitrogens is 1. The van der Waals surface area contributed by atoms with Crippen LogP contribution in [0.5, 0.6) is 11.5 Å². The molecule has 0 radical (unpaired) electrons. The van der Waals surface area contributed by atoms with Crippen molar-refractivity contribution in [2.24, 2.45) is 5.73 Å². The molecule has 0 spiro atoms. The zero-order valence-electron chi connectivity index (χ0n) is 11.1. The van der Waals surface area contributed by atoms with E-state index in [1.165, 1.54) is 12.1 Å². The number of aromatic nitrogens is 1. The minimum Gasteiger partial charge on any atom is -0.508 e. The molecular formula is C16H14N2O3. The van der Waals surface area contributed by atoms with E-state index in [1.54, 1.807) is 36.4 Å². The van der Waals surface area contributed by atoms with Crippen LogP contribution in [0.25, 0.3) is 10.9 Å². The van der Waals surface area contributed by atoms with Crippen LogP contribution in [0.4, 0.5) is 0 Å². The van der Waals surface area contributed by atoms with Crippen molar-refractivity contribution in [2.45, 2.75) is 5.92 Å². The van der Waals surface area contributed by atoms with Gasteiger partial charge in [-0.15, -0.1) is 0 Å². The first-order chi connectivity index (χ1) is 10.0. The van der Waals surface area contributed by atoms with Gasteiger partial charge in [-0.05, 0) is 42.0 Å². The molecule has 1 heterocycles. The number of phenolic OH excluding ortho intramolecular Hbond substituents is 2. The molecule has 0 saturated heterocycles. The first-order valence-electron chi connectivity index (χ1n) is 6.44. The molecule has 1 atom stereocenters. The number of phenols is 2. The molecule has 5 N–H and O–H groups in total. The van der Waals surface area contributed by atoms with Crippen LogP contribution >= 0.6 is 0 Å². The van der Waals surface area contributed by atoms with E-state index in [4.69, 9.17) is 5.73 Å². The lowest BCUT2D eigenvalue weighted by atomic mass is 9.95. The first-order valence-corrected chi connectivity index (χ1v) is 6.44. The van der Waals surface area contributed by atoms with Crippen LogP contribution in [0.2, 0.25) is 0 Å². The van der Waals surface area contributed by atoms with Gasteiger partial charge in [-0.1, -0.05) is 12.1 Å². The van der Waals surface area contributed by atoms with Crippen molar-refractivity contribution in [3.8, 4) is 11.5 Å². The van der Waals surface area contributed by atoms with Crippen LogP contribution in [0.1, 0.15) is 17.2 Å². The van der Waals surface area contributed by atoms with Gasteiger partial charge in [0.2, 0.25) is 5.91 Å². The molecule has 2 aromatic carbocycles. The predicted octanol–water partition coefficient (Wildman–Crippen LogP) is 2.20. The summed E-state index contributed by atoms with van der Waals surface area (Å²) in [5.41, 5.74) is 7.54. The fourth-order valence-electron chi connectivity index (χ4n) is 2.50. The second-order valence-corrected chi connectivity index (χ2v) is 4.93. The van der Waals surface area contributed by atoms with E-state index in [9.17, 15) is 15.0 Å². The number of nitrogens with two attached hydrogens (primary N) is 1. The number of carbonyl (C=O) groups is 1. The van der Waals surface area contributed by atoms with Gasteiger partial charge in [0.05, 0.1) is 0 Å². The number of hydrogen-bond donors (Lipinski definition) is 4. The molecule has 0 aliphatic carbocycles. The molecule has 21 heavy (non-hydrogen) atoms. The Morgan fingerprint density at radius 1 is 1.05 bits per heavy atom. The molecular weight excluding hydrogens is 268 g/mol. The molecule has 0 bridgehead atoms. The van der Waals surface area contributed by atoms with Gasteiger partial charge in [-0.3, -0.25) is 4.79 Å². The maximum Gasteiger partial charge on any atom is 0.230 e. The summed E-state index contributed by atoms with van der Waals surface area (Å²) in [6, 6.07) is 13.1. The summed E-state index contributed by atoms with van der Waals surface area (Å²) in [7, 11) is 0. The minimum absolute atomic E-state index is 0.0764. The Kier molecular flexibility index (Phi) is 3.02. The number of nitrogens with one attached hydrogen (secondary N) is 1. The summed E-state index contributed by atoms with van der Waals surface area (Å²) in [6.07, 6.45) is 0. The normalized spacial score (nSPS) is 12.4. The van der Waals surface area contributed by atoms with Crippen LogP contribution in [0, 0.1) is 0 Å². The third kappa shape index (κ3) is 2.41. The average molecular weight is 282 g/mol. The second kappa shape index (κ2) is 4.86. The van der Waals surface area contributed by atoms with E-state index in [2.05, 4.69) is 4.98 Å². The summed E-state index contributed by atoms with van der Waals surface area (Å²) in [5.74, 6) is -0.975. The number of benzene rings is 2. The van der Waals surface area contributed by atoms with E-state index in [0.29, 0.717) is 11.3 Å². The van der Waals surface area contributed by atoms with E-state index < -0.39 is 11.8 Å². The number of carbonyl (C=O) groups excluding carboxylic acids is 1. The molecule has 3 rings (SSSR count). The second-order valence-electron chi connectivity index (χ2n) is 4.93. The Bertz CT molecular complexity index is 823. The van der Waals surface area contributed by atoms with Gasteiger partial charge in [0.1, 0.15) is 17.4 Å². The monoisotopic (exact) mass is 282 g/mol. The number of hydrogen-bond acceptors (Lipinski definition) is 3. The van der Waals surface area contributed by atoms with Crippen molar-refractivity contribution >= 4 is 16.8 Å². The van der Waals surface area contributed by atoms with Crippen LogP contribution in [0.15, 0.2) is 48.5 Å². The highest BCUT2D eigenvalue weighted by atomic mass is 16.3. The highest BCUT2D eigenvalue weighted by molar-refractivity contribution is 5.89. The average Bonchev–Trinajstić information content (AvgIpc) is 2.80. The van der Waals surface area contributed by atoms with Crippen LogP contribution in [0.3, 0.4) is 0 Å². The van der Waals surface area contributed by atoms with E-state index in [0.717, 1.165) is 10.9 Å². The van der Waals surface area contributed by atoms with Gasteiger partial charge in [0, 0.05) is 16.6 Å². The Hall–Kier alpha value is -2.95. The van der Waals surface area contributed by atoms with Crippen molar-refractivity contribution in [1.82, 2.24) is 4.98 Å². The number of aromatic amines is 1. The number of amides is 1. The fourth-order valence-corrected chi connectivity index (χ4v) is 2.50. The Morgan fingerprint density at radius 3 is 2.52 bits per heavy atom. The Balaban J connectivity index is 2.13. The molecule has 106 valence electrons. The molecule has 0 fully saturated rings. The predicted molar refractivity (Wildman–Crippen MR) is 79.1 cm³/mol. The largest absolute Gasteiger partial charge is 0.508 e. The van der Waals surface area contributed by atoms with Gasteiger partial charge < -0.3 is 20.9 Å². The minimum atomic E-state index is -0.688. The quantitative estimate of drug-likeness (QED) is 0.592. The Morgan fingerprint density at radius 2 is 1.81 bits per heavy atom. The summed E-state index contributed by atoms with van der Waals surface area (Å²) < 4.78 is 0. The van der Waals surface area contributed by atoms with E-state index in [1.807, 2.05) is 0 Å². The summed E-state index contributed by atoms with van der Waals surface area (Å²) in [6.45, 7) is 0. The van der Waals surface area contributed by atoms with Crippen LogP contribution in [-0.4, -0.2) is 21.1 Å². The standard InChI is InChI=1S/C16H14N2O3/c17-16(21)15(9-2-1-3-11(19)6-9)14-8-10-7-12(20)4-5-13(10)18-14/h1-8,15,18-20H,(H2,17,21). The summed E-state index contributed by atoms with van der Waals surface area (Å²) >= 11 is 0. The smallest absolute Gasteiger partial charge is 0.230 e. The van der Waals surface area contributed by atoms with Crippen molar-refractivity contribution in [3.63, 3.8) is 0 Å². The zero-order chi connectivity index (χ0) is 15.0. The molecule has 3 aromatic rings. The zero-order valence-corrected chi connectivity index (χ0v) is 11.1. The molecule has 5 nitrogen and oxygen atoms in total. The number of primary amides is 1. The lowest BCUT2D eigenvalue weighted by molar-refractivity contribution is -0.118. The van der Waals surface area contributed by atoms with Gasteiger partial charge in [-0.2, -0.15) is 0 Å². The molecule has 1 aromatic heterocycles. The lowest BCUT2D eigenvalue weighted by Gasteiger charge is -2.12. The number of fused-ring (bicyclic) bond motifs is 1. The van der Waals surface area contributed by atoms with Crippen molar-refractivity contribution in [3.05, 3.63) is 59.8 Å². The van der Waals surface area contributed by atoms with Gasteiger partial charge in [0.25, 0.3) is 0 Å². The highest BCUT2D eigenvalue weighted by Crippen LogP contribution is 2.30. The lowest BCUT2D eigenvalue weighted by Crippen LogP contribution is -2.22. The fraction of sp³-hybridized carbons (Fsp3) is 0.0625. The first kappa shape index (κ1) is 13.1. The maximum absolute atomic E-state index is 11.8. The highest BCUT2D eigenvalue weighted by Gasteiger charge is 2.22. The van der Waals surface area contributed by atoms with Crippen molar-refractivity contribution in [2.75, 3.05) is 0 Å². The third-order valence-electron chi connectivity index (χ3n) is 3.42. The number of rotatable bonds is 3. The van der Waals surface area contributed by atoms with Gasteiger partial charge >= 0.3 is 0 Å². The summed E-state index contributed by atoms with van der Waals surface area (Å²) in [5, 5.41) is 19.9. The topological polar surface area (TPSA) is 99.3 Å². The third-order valence-corrected chi connectivity index (χ3v) is 3.42. The maximum atomic E-state index is 11.8. The van der Waals surface area contributed by atoms with E-state index in [-0.39, 0.29) is 11.5 Å². The van der Waals surface area contributed by atoms with Gasteiger partial charge in [0.15, 0.2) is 0 Å². The van der Waals surface area contributed by atoms with Crippen molar-refractivity contribution in [1.29, 1.82) is 0 Å². The van der Waals surface area contributed by atoms with E-state index >= 15 is 0 Å². The number of aromatic hydroxyl groups is 2. The molecule has 0 saturated carbocycles. The SMILES string of the molecule is NC(=O)C(c1cccc(O)c1)c1cc2cc(O)ccc2[nH]1. The molecule has 1 amide bonds. The summed E-state index contributed by atoms with van der Waals surface area (Å²) in [4.78, 5) is 15.0. The van der Waals surface area contributed by atoms with Crippen LogP contribution in [-0.2, 0) is 4.79 Å². The Labute approximate surface area is 120 Å². The van der Waals surface area contributed by atoms with Crippen molar-refractivity contribution < 1.29 is 15.0 Å². The molecule has 0 aliphatic rings. The van der Waals surface area contributed by atoms with Gasteiger partial charge in [-0.25, -0.2) is 0 Å². The molecule has 0 aliphatic heterocycles.